The second-order valence-corrected chi connectivity index (χ2v) is 14.2. The first-order valence-electron chi connectivity index (χ1n) is 18.2. The summed E-state index contributed by atoms with van der Waals surface area (Å²) in [4.78, 5) is 5.17. The number of imidazole rings is 1. The minimum Gasteiger partial charge on any atom is -0.456 e. The Bertz CT molecular complexity index is 3120. The van der Waals surface area contributed by atoms with Gasteiger partial charge in [0.15, 0.2) is 0 Å². The number of hydrogen-bond acceptors (Lipinski definition) is 2. The fourth-order valence-corrected chi connectivity index (χ4v) is 9.46. The lowest BCUT2D eigenvalue weighted by molar-refractivity contribution is 0.438. The molecule has 3 nitrogen and oxygen atoms in total. The van der Waals surface area contributed by atoms with Crippen LogP contribution in [0.5, 0.6) is 11.5 Å². The number of rotatable bonds is 2. The van der Waals surface area contributed by atoms with Crippen LogP contribution in [0.2, 0.25) is 0 Å². The molecule has 3 heteroatoms. The summed E-state index contributed by atoms with van der Waals surface area (Å²) in [6, 6.07) is 65.8. The standard InChI is InChI=1S/C50H30N2O/c1-4-19-40-36(15-1)37-16-2-5-20-41(37)50(40)42-21-6-10-26-47(42)53-48-34(18-12-22-43(48)50)33-14-11-13-31(29-33)32-27-28-35-38-17-3-8-24-45(38)52-46-25-9-7-23-44(46)51-49(52)39(35)30-32/h1-30H. The van der Waals surface area contributed by atoms with Gasteiger partial charge in [0.1, 0.15) is 17.1 Å². The topological polar surface area (TPSA) is 26.5 Å². The Balaban J connectivity index is 1.07. The number of ether oxygens (including phenoxy) is 1. The van der Waals surface area contributed by atoms with Gasteiger partial charge in [0.05, 0.1) is 22.0 Å². The van der Waals surface area contributed by atoms with Crippen molar-refractivity contribution in [2.75, 3.05) is 0 Å². The number of pyridine rings is 1. The molecule has 246 valence electrons. The molecule has 12 rings (SSSR count). The second kappa shape index (κ2) is 10.5. The van der Waals surface area contributed by atoms with Gasteiger partial charge in [-0.25, -0.2) is 4.98 Å². The Morgan fingerprint density at radius 3 is 1.89 bits per heavy atom. The first kappa shape index (κ1) is 28.7. The molecule has 1 aliphatic carbocycles. The molecule has 2 aliphatic rings. The maximum absolute atomic E-state index is 6.99. The van der Waals surface area contributed by atoms with Crippen molar-refractivity contribution >= 4 is 38.4 Å². The molecule has 3 heterocycles. The largest absolute Gasteiger partial charge is 0.456 e. The van der Waals surface area contributed by atoms with Crippen molar-refractivity contribution in [2.45, 2.75) is 5.41 Å². The van der Waals surface area contributed by atoms with Crippen LogP contribution in [-0.2, 0) is 5.41 Å². The van der Waals surface area contributed by atoms with E-state index in [4.69, 9.17) is 9.72 Å². The summed E-state index contributed by atoms with van der Waals surface area (Å²) in [5.41, 5.74) is 15.8. The maximum atomic E-state index is 6.99. The molecule has 0 atom stereocenters. The summed E-state index contributed by atoms with van der Waals surface area (Å²) in [6.07, 6.45) is 0. The predicted octanol–water partition coefficient (Wildman–Crippen LogP) is 12.6. The van der Waals surface area contributed by atoms with Gasteiger partial charge in [-0.1, -0.05) is 146 Å². The lowest BCUT2D eigenvalue weighted by atomic mass is 9.65. The van der Waals surface area contributed by atoms with Gasteiger partial charge in [0, 0.05) is 27.5 Å². The number of fused-ring (bicyclic) bond motifs is 17. The summed E-state index contributed by atoms with van der Waals surface area (Å²) < 4.78 is 9.30. The van der Waals surface area contributed by atoms with Crippen molar-refractivity contribution in [1.29, 1.82) is 0 Å². The van der Waals surface area contributed by atoms with Crippen molar-refractivity contribution in [1.82, 2.24) is 9.38 Å². The first-order chi connectivity index (χ1) is 26.3. The SMILES string of the molecule is c1cc(-c2ccc3c4ccccc4n4c5ccccc5nc4c3c2)cc(-c2cccc3c2Oc2ccccc2C32c3ccccc3-c3ccccc32)c1. The van der Waals surface area contributed by atoms with Crippen molar-refractivity contribution in [3.05, 3.63) is 204 Å². The van der Waals surface area contributed by atoms with Gasteiger partial charge < -0.3 is 4.74 Å². The zero-order chi connectivity index (χ0) is 34.7. The molecule has 1 aliphatic heterocycles. The highest BCUT2D eigenvalue weighted by Crippen LogP contribution is 2.63. The molecule has 2 aromatic heterocycles. The summed E-state index contributed by atoms with van der Waals surface area (Å²) in [6.45, 7) is 0. The quantitative estimate of drug-likeness (QED) is 0.171. The van der Waals surface area contributed by atoms with E-state index in [1.54, 1.807) is 0 Å². The van der Waals surface area contributed by atoms with E-state index in [-0.39, 0.29) is 0 Å². The lowest BCUT2D eigenvalue weighted by Crippen LogP contribution is -2.32. The van der Waals surface area contributed by atoms with Crippen LogP contribution in [0, 0.1) is 0 Å². The van der Waals surface area contributed by atoms with Gasteiger partial charge in [-0.05, 0) is 80.7 Å². The van der Waals surface area contributed by atoms with E-state index >= 15 is 0 Å². The highest BCUT2D eigenvalue weighted by molar-refractivity contribution is 6.14. The van der Waals surface area contributed by atoms with Crippen molar-refractivity contribution in [3.63, 3.8) is 0 Å². The molecule has 10 aromatic rings. The average Bonchev–Trinajstić information content (AvgIpc) is 3.76. The number of nitrogens with zero attached hydrogens (tertiary/aromatic N) is 2. The molecule has 0 saturated carbocycles. The first-order valence-corrected chi connectivity index (χ1v) is 18.2. The van der Waals surface area contributed by atoms with Crippen LogP contribution in [0.1, 0.15) is 22.3 Å². The van der Waals surface area contributed by atoms with Crippen LogP contribution in [0.4, 0.5) is 0 Å². The minimum absolute atomic E-state index is 0.495. The third kappa shape index (κ3) is 3.75. The van der Waals surface area contributed by atoms with Crippen LogP contribution < -0.4 is 4.74 Å². The van der Waals surface area contributed by atoms with Crippen LogP contribution in [0.15, 0.2) is 182 Å². The van der Waals surface area contributed by atoms with E-state index in [0.717, 1.165) is 55.8 Å². The van der Waals surface area contributed by atoms with Gasteiger partial charge in [-0.2, -0.15) is 0 Å². The van der Waals surface area contributed by atoms with Crippen molar-refractivity contribution in [2.24, 2.45) is 0 Å². The van der Waals surface area contributed by atoms with Gasteiger partial charge in [0.2, 0.25) is 0 Å². The molecule has 0 radical (unpaired) electrons. The van der Waals surface area contributed by atoms with Crippen molar-refractivity contribution in [3.8, 4) is 44.9 Å². The smallest absolute Gasteiger partial charge is 0.146 e. The molecular weight excluding hydrogens is 645 g/mol. The van der Waals surface area contributed by atoms with Crippen LogP contribution in [-0.4, -0.2) is 9.38 Å². The van der Waals surface area contributed by atoms with E-state index < -0.39 is 5.41 Å². The van der Waals surface area contributed by atoms with E-state index in [9.17, 15) is 0 Å². The zero-order valence-electron chi connectivity index (χ0n) is 28.6. The Labute approximate surface area is 306 Å². The van der Waals surface area contributed by atoms with E-state index in [1.807, 2.05) is 0 Å². The molecule has 0 fully saturated rings. The molecule has 0 saturated heterocycles. The third-order valence-corrected chi connectivity index (χ3v) is 11.6. The van der Waals surface area contributed by atoms with Crippen molar-refractivity contribution < 1.29 is 4.74 Å². The monoisotopic (exact) mass is 674 g/mol. The number of hydrogen-bond donors (Lipinski definition) is 0. The molecule has 8 aromatic carbocycles. The molecule has 1 spiro atoms. The number of aromatic nitrogens is 2. The van der Waals surface area contributed by atoms with Crippen LogP contribution in [0.3, 0.4) is 0 Å². The normalized spacial score (nSPS) is 13.6. The molecule has 0 bridgehead atoms. The van der Waals surface area contributed by atoms with Gasteiger partial charge >= 0.3 is 0 Å². The zero-order valence-corrected chi connectivity index (χ0v) is 28.6. The average molecular weight is 675 g/mol. The number of para-hydroxylation sites is 5. The molecular formula is C50H30N2O. The number of benzene rings is 8. The summed E-state index contributed by atoms with van der Waals surface area (Å²) in [7, 11) is 0. The minimum atomic E-state index is -0.495. The molecule has 53 heavy (non-hydrogen) atoms. The summed E-state index contributed by atoms with van der Waals surface area (Å²) >= 11 is 0. The highest BCUT2D eigenvalue weighted by atomic mass is 16.5. The lowest BCUT2D eigenvalue weighted by Gasteiger charge is -2.40. The van der Waals surface area contributed by atoms with E-state index in [2.05, 4.69) is 186 Å². The van der Waals surface area contributed by atoms with Crippen LogP contribution >= 0.6 is 0 Å². The fraction of sp³-hybridized carbons (Fsp3) is 0.0200. The van der Waals surface area contributed by atoms with Gasteiger partial charge in [0.25, 0.3) is 0 Å². The Hall–Kier alpha value is -6.97. The highest BCUT2D eigenvalue weighted by Gasteiger charge is 2.51. The summed E-state index contributed by atoms with van der Waals surface area (Å²) in [5, 5.41) is 3.56. The van der Waals surface area contributed by atoms with Gasteiger partial charge in [-0.3, -0.25) is 4.40 Å². The van der Waals surface area contributed by atoms with Gasteiger partial charge in [-0.15, -0.1) is 0 Å². The Morgan fingerprint density at radius 2 is 1.04 bits per heavy atom. The van der Waals surface area contributed by atoms with Crippen LogP contribution in [0.25, 0.3) is 71.7 Å². The van der Waals surface area contributed by atoms with E-state index in [1.165, 1.54) is 49.7 Å². The molecule has 0 amide bonds. The molecule has 0 unspecified atom stereocenters. The third-order valence-electron chi connectivity index (χ3n) is 11.6. The predicted molar refractivity (Wildman–Crippen MR) is 216 cm³/mol. The van der Waals surface area contributed by atoms with E-state index in [0.29, 0.717) is 0 Å². The Kier molecular flexibility index (Phi) is 5.70. The second-order valence-electron chi connectivity index (χ2n) is 14.2. The summed E-state index contributed by atoms with van der Waals surface area (Å²) in [5.74, 6) is 1.80. The molecule has 0 N–H and O–H groups in total. The Morgan fingerprint density at radius 1 is 0.415 bits per heavy atom. The maximum Gasteiger partial charge on any atom is 0.146 e. The fourth-order valence-electron chi connectivity index (χ4n) is 9.46.